The molecule has 0 amide bonds. The molecule has 4 nitrogen and oxygen atoms in total. The third-order valence-electron chi connectivity index (χ3n) is 4.34. The van der Waals surface area contributed by atoms with Crippen LogP contribution in [0.1, 0.15) is 11.1 Å². The Kier molecular flexibility index (Phi) is 5.30. The second-order valence-electron chi connectivity index (χ2n) is 6.31. The first-order valence-electron chi connectivity index (χ1n) is 8.06. The van der Waals surface area contributed by atoms with E-state index < -0.39 is 10.0 Å². The minimum Gasteiger partial charge on any atom is -0.369 e. The standard InChI is InChI=1S/C18H20Cl2N2O2S/c1-13-9-14(2)11-15(10-13)21-5-7-22(8-6-21)25(23,24)16-3-4-17(19)18(20)12-16/h3-4,9-12H,5-8H2,1-2H3. The molecule has 0 aliphatic carbocycles. The van der Waals surface area contributed by atoms with Crippen molar-refractivity contribution in [3.8, 4) is 0 Å². The number of anilines is 1. The zero-order valence-corrected chi connectivity index (χ0v) is 16.5. The van der Waals surface area contributed by atoms with Crippen molar-refractivity contribution in [2.24, 2.45) is 0 Å². The van der Waals surface area contributed by atoms with Crippen molar-refractivity contribution in [2.45, 2.75) is 18.7 Å². The van der Waals surface area contributed by atoms with Crippen LogP contribution < -0.4 is 4.90 Å². The molecule has 7 heteroatoms. The van der Waals surface area contributed by atoms with Gasteiger partial charge in [0.05, 0.1) is 14.9 Å². The second-order valence-corrected chi connectivity index (χ2v) is 9.07. The molecule has 0 saturated carbocycles. The number of halogens is 2. The minimum atomic E-state index is -3.56. The normalized spacial score (nSPS) is 16.2. The van der Waals surface area contributed by atoms with Gasteiger partial charge < -0.3 is 4.90 Å². The van der Waals surface area contributed by atoms with Crippen LogP contribution in [-0.2, 0) is 10.0 Å². The molecule has 1 saturated heterocycles. The van der Waals surface area contributed by atoms with Crippen molar-refractivity contribution in [2.75, 3.05) is 31.1 Å². The number of rotatable bonds is 3. The van der Waals surface area contributed by atoms with Gasteiger partial charge in [0.25, 0.3) is 0 Å². The van der Waals surface area contributed by atoms with Gasteiger partial charge in [-0.25, -0.2) is 8.42 Å². The maximum Gasteiger partial charge on any atom is 0.243 e. The van der Waals surface area contributed by atoms with Gasteiger partial charge in [-0.1, -0.05) is 29.3 Å². The van der Waals surface area contributed by atoms with Crippen LogP contribution in [0.4, 0.5) is 5.69 Å². The molecule has 1 aliphatic rings. The smallest absolute Gasteiger partial charge is 0.243 e. The van der Waals surface area contributed by atoms with Gasteiger partial charge >= 0.3 is 0 Å². The summed E-state index contributed by atoms with van der Waals surface area (Å²) >= 11 is 11.9. The van der Waals surface area contributed by atoms with Crippen LogP contribution in [-0.4, -0.2) is 38.9 Å². The van der Waals surface area contributed by atoms with Crippen LogP contribution in [0.25, 0.3) is 0 Å². The van der Waals surface area contributed by atoms with E-state index in [4.69, 9.17) is 23.2 Å². The summed E-state index contributed by atoms with van der Waals surface area (Å²) in [6, 6.07) is 10.8. The van der Waals surface area contributed by atoms with E-state index in [1.54, 1.807) is 0 Å². The summed E-state index contributed by atoms with van der Waals surface area (Å²) in [5.74, 6) is 0. The first-order valence-corrected chi connectivity index (χ1v) is 10.3. The average Bonchev–Trinajstić information content (AvgIpc) is 2.56. The van der Waals surface area contributed by atoms with Gasteiger partial charge in [-0.15, -0.1) is 0 Å². The van der Waals surface area contributed by atoms with Gasteiger partial charge in [-0.2, -0.15) is 4.31 Å². The molecule has 1 fully saturated rings. The lowest BCUT2D eigenvalue weighted by atomic mass is 10.1. The lowest BCUT2D eigenvalue weighted by molar-refractivity contribution is 0.385. The van der Waals surface area contributed by atoms with Gasteiger partial charge in [0.1, 0.15) is 0 Å². The molecule has 0 atom stereocenters. The topological polar surface area (TPSA) is 40.6 Å². The maximum absolute atomic E-state index is 12.8. The van der Waals surface area contributed by atoms with E-state index in [9.17, 15) is 8.42 Å². The minimum absolute atomic E-state index is 0.182. The Labute approximate surface area is 159 Å². The third-order valence-corrected chi connectivity index (χ3v) is 6.97. The molecule has 25 heavy (non-hydrogen) atoms. The maximum atomic E-state index is 12.8. The molecule has 0 N–H and O–H groups in total. The number of nitrogens with zero attached hydrogens (tertiary/aromatic N) is 2. The molecule has 0 radical (unpaired) electrons. The summed E-state index contributed by atoms with van der Waals surface area (Å²) in [4.78, 5) is 2.41. The van der Waals surface area contributed by atoms with Gasteiger partial charge in [0.2, 0.25) is 10.0 Å². The Morgan fingerprint density at radius 1 is 0.840 bits per heavy atom. The third kappa shape index (κ3) is 3.95. The summed E-state index contributed by atoms with van der Waals surface area (Å²) in [5, 5.41) is 0.594. The van der Waals surface area contributed by atoms with E-state index in [1.165, 1.54) is 33.6 Å². The summed E-state index contributed by atoms with van der Waals surface area (Å²) < 4.78 is 27.1. The second kappa shape index (κ2) is 7.16. The Balaban J connectivity index is 1.76. The fourth-order valence-corrected chi connectivity index (χ4v) is 4.92. The lowest BCUT2D eigenvalue weighted by Crippen LogP contribution is -2.48. The number of hydrogen-bond donors (Lipinski definition) is 0. The molecule has 2 aromatic carbocycles. The van der Waals surface area contributed by atoms with Gasteiger partial charge in [-0.3, -0.25) is 0 Å². The summed E-state index contributed by atoms with van der Waals surface area (Å²) in [6.45, 7) is 6.33. The predicted octanol–water partition coefficient (Wildman–Crippen LogP) is 4.12. The SMILES string of the molecule is Cc1cc(C)cc(N2CCN(S(=O)(=O)c3ccc(Cl)c(Cl)c3)CC2)c1. The predicted molar refractivity (Wildman–Crippen MR) is 103 cm³/mol. The van der Waals surface area contributed by atoms with Gasteiger partial charge in [0, 0.05) is 31.9 Å². The molecule has 3 rings (SSSR count). The summed E-state index contributed by atoms with van der Waals surface area (Å²) in [6.07, 6.45) is 0. The molecule has 2 aromatic rings. The molecule has 134 valence electrons. The van der Waals surface area contributed by atoms with Crippen molar-refractivity contribution in [3.63, 3.8) is 0 Å². The highest BCUT2D eigenvalue weighted by molar-refractivity contribution is 7.89. The van der Waals surface area contributed by atoms with Crippen LogP contribution >= 0.6 is 23.2 Å². The van der Waals surface area contributed by atoms with Crippen molar-refractivity contribution in [1.29, 1.82) is 0 Å². The number of benzene rings is 2. The average molecular weight is 399 g/mol. The molecular formula is C18H20Cl2N2O2S. The molecular weight excluding hydrogens is 379 g/mol. The summed E-state index contributed by atoms with van der Waals surface area (Å²) in [7, 11) is -3.56. The molecule has 1 heterocycles. The summed E-state index contributed by atoms with van der Waals surface area (Å²) in [5.41, 5.74) is 3.56. The fraction of sp³-hybridized carbons (Fsp3) is 0.333. The van der Waals surface area contributed by atoms with Gasteiger partial charge in [-0.05, 0) is 55.3 Å². The largest absolute Gasteiger partial charge is 0.369 e. The first kappa shape index (κ1) is 18.5. The Morgan fingerprint density at radius 3 is 2.00 bits per heavy atom. The van der Waals surface area contributed by atoms with Gasteiger partial charge in [0.15, 0.2) is 0 Å². The monoisotopic (exact) mass is 398 g/mol. The highest BCUT2D eigenvalue weighted by Gasteiger charge is 2.29. The van der Waals surface area contributed by atoms with Crippen molar-refractivity contribution in [1.82, 2.24) is 4.31 Å². The number of hydrogen-bond acceptors (Lipinski definition) is 3. The van der Waals surface area contributed by atoms with E-state index in [2.05, 4.69) is 36.9 Å². The van der Waals surface area contributed by atoms with Crippen LogP contribution in [0, 0.1) is 13.8 Å². The highest BCUT2D eigenvalue weighted by atomic mass is 35.5. The van der Waals surface area contributed by atoms with E-state index in [-0.39, 0.29) is 9.92 Å². The Hall–Kier alpha value is -1.27. The quantitative estimate of drug-likeness (QED) is 0.780. The van der Waals surface area contributed by atoms with Crippen molar-refractivity contribution >= 4 is 38.9 Å². The Bertz CT molecular complexity index is 872. The molecule has 0 unspecified atom stereocenters. The number of piperazine rings is 1. The molecule has 0 bridgehead atoms. The van der Waals surface area contributed by atoms with Crippen LogP contribution in [0.2, 0.25) is 10.0 Å². The van der Waals surface area contributed by atoms with E-state index in [0.717, 1.165) is 5.69 Å². The molecule has 1 aliphatic heterocycles. The highest BCUT2D eigenvalue weighted by Crippen LogP contribution is 2.28. The lowest BCUT2D eigenvalue weighted by Gasteiger charge is -2.35. The van der Waals surface area contributed by atoms with Crippen molar-refractivity contribution < 1.29 is 8.42 Å². The van der Waals surface area contributed by atoms with E-state index in [1.807, 2.05) is 0 Å². The van der Waals surface area contributed by atoms with E-state index in [0.29, 0.717) is 31.2 Å². The van der Waals surface area contributed by atoms with E-state index >= 15 is 0 Å². The molecule has 0 aromatic heterocycles. The zero-order valence-electron chi connectivity index (χ0n) is 14.2. The Morgan fingerprint density at radius 2 is 1.44 bits per heavy atom. The van der Waals surface area contributed by atoms with Crippen LogP contribution in [0.5, 0.6) is 0 Å². The van der Waals surface area contributed by atoms with Crippen molar-refractivity contribution in [3.05, 3.63) is 57.6 Å². The van der Waals surface area contributed by atoms with Crippen LogP contribution in [0.3, 0.4) is 0 Å². The zero-order chi connectivity index (χ0) is 18.2. The number of sulfonamides is 1. The number of aryl methyl sites for hydroxylation is 2. The fourth-order valence-electron chi connectivity index (χ4n) is 3.11. The molecule has 0 spiro atoms. The van der Waals surface area contributed by atoms with Crippen LogP contribution in [0.15, 0.2) is 41.3 Å². The first-order chi connectivity index (χ1) is 11.8.